The van der Waals surface area contributed by atoms with Gasteiger partial charge in [0.2, 0.25) is 5.75 Å². The van der Waals surface area contributed by atoms with E-state index in [4.69, 9.17) is 14.2 Å². The van der Waals surface area contributed by atoms with E-state index in [0.717, 1.165) is 31.6 Å². The molecule has 0 spiro atoms. The van der Waals surface area contributed by atoms with Crippen molar-refractivity contribution < 1.29 is 23.8 Å². The smallest absolute Gasteiger partial charge is 0.261 e. The second-order valence-electron chi connectivity index (χ2n) is 7.97. The van der Waals surface area contributed by atoms with Crippen LogP contribution in [0.15, 0.2) is 59.1 Å². The summed E-state index contributed by atoms with van der Waals surface area (Å²) in [6, 6.07) is 17.0. The average Bonchev–Trinajstić information content (AvgIpc) is 3.10. The Bertz CT molecular complexity index is 1440. The van der Waals surface area contributed by atoms with Gasteiger partial charge in [0, 0.05) is 27.4 Å². The van der Waals surface area contributed by atoms with Gasteiger partial charge < -0.3 is 14.2 Å². The van der Waals surface area contributed by atoms with Gasteiger partial charge in [0.15, 0.2) is 11.5 Å². The second kappa shape index (κ2) is 8.65. The average molecular weight is 520 g/mol. The fraction of sp³-hybridized carbons (Fsp3) is 0.185. The molecule has 1 aliphatic rings. The third-order valence-corrected chi connectivity index (χ3v) is 6.92. The van der Waals surface area contributed by atoms with Crippen molar-refractivity contribution in [3.63, 3.8) is 0 Å². The van der Waals surface area contributed by atoms with Gasteiger partial charge in [-0.1, -0.05) is 52.3 Å². The molecule has 0 N–H and O–H groups in total. The lowest BCUT2D eigenvalue weighted by molar-refractivity contribution is 0.0656. The number of rotatable bonds is 6. The van der Waals surface area contributed by atoms with Crippen LogP contribution in [-0.2, 0) is 6.42 Å². The summed E-state index contributed by atoms with van der Waals surface area (Å²) in [6.45, 7) is 0.201. The first-order valence-electron chi connectivity index (χ1n) is 10.8. The van der Waals surface area contributed by atoms with Crippen LogP contribution in [0.3, 0.4) is 0 Å². The fourth-order valence-electron chi connectivity index (χ4n) is 4.81. The number of imide groups is 1. The maximum Gasteiger partial charge on any atom is 0.261 e. The van der Waals surface area contributed by atoms with Crippen molar-refractivity contribution in [2.45, 2.75) is 6.42 Å². The van der Waals surface area contributed by atoms with Crippen LogP contribution in [0.2, 0.25) is 0 Å². The van der Waals surface area contributed by atoms with E-state index in [1.807, 2.05) is 24.3 Å². The first kappa shape index (κ1) is 22.2. The van der Waals surface area contributed by atoms with Crippen molar-refractivity contribution in [3.8, 4) is 17.2 Å². The van der Waals surface area contributed by atoms with Gasteiger partial charge >= 0.3 is 0 Å². The third-order valence-electron chi connectivity index (χ3n) is 6.29. The van der Waals surface area contributed by atoms with Crippen LogP contribution >= 0.6 is 15.9 Å². The van der Waals surface area contributed by atoms with E-state index in [0.29, 0.717) is 34.8 Å². The number of hydrogen-bond acceptors (Lipinski definition) is 5. The van der Waals surface area contributed by atoms with Crippen LogP contribution in [0.5, 0.6) is 17.2 Å². The van der Waals surface area contributed by atoms with E-state index in [1.54, 1.807) is 45.6 Å². The van der Waals surface area contributed by atoms with Crippen LogP contribution in [0.25, 0.3) is 21.5 Å². The molecule has 1 heterocycles. The highest BCUT2D eigenvalue weighted by Gasteiger charge is 2.35. The fourth-order valence-corrected chi connectivity index (χ4v) is 5.50. The summed E-state index contributed by atoms with van der Waals surface area (Å²) in [6.07, 6.45) is 0.377. The first-order valence-corrected chi connectivity index (χ1v) is 11.6. The van der Waals surface area contributed by atoms with Crippen LogP contribution in [0.4, 0.5) is 0 Å². The number of methoxy groups -OCH3 is 3. The molecule has 7 heteroatoms. The molecule has 0 atom stereocenters. The summed E-state index contributed by atoms with van der Waals surface area (Å²) in [4.78, 5) is 27.2. The molecule has 1 aliphatic heterocycles. The molecule has 4 aromatic rings. The summed E-state index contributed by atoms with van der Waals surface area (Å²) >= 11 is 3.74. The highest BCUT2D eigenvalue weighted by Crippen LogP contribution is 2.51. The van der Waals surface area contributed by atoms with Crippen molar-refractivity contribution in [1.29, 1.82) is 0 Å². The zero-order valence-electron chi connectivity index (χ0n) is 19.0. The number of hydrogen-bond donors (Lipinski definition) is 0. The maximum absolute atomic E-state index is 12.9. The van der Waals surface area contributed by atoms with Gasteiger partial charge in [-0.15, -0.1) is 0 Å². The molecule has 172 valence electrons. The molecule has 0 bridgehead atoms. The number of benzene rings is 4. The number of carbonyl (C=O) groups is 2. The van der Waals surface area contributed by atoms with Crippen LogP contribution in [0.1, 0.15) is 26.3 Å². The number of nitrogens with zero attached hydrogens (tertiary/aromatic N) is 1. The number of halogens is 1. The Morgan fingerprint density at radius 2 is 1.35 bits per heavy atom. The zero-order valence-corrected chi connectivity index (χ0v) is 20.6. The molecular weight excluding hydrogens is 498 g/mol. The van der Waals surface area contributed by atoms with Crippen molar-refractivity contribution in [2.75, 3.05) is 27.9 Å². The molecule has 0 saturated carbocycles. The number of carbonyl (C=O) groups excluding carboxylic acids is 2. The summed E-state index contributed by atoms with van der Waals surface area (Å²) in [5.74, 6) is 0.983. The predicted octanol–water partition coefficient (Wildman–Crippen LogP) is 5.62. The quantitative estimate of drug-likeness (QED) is 0.244. The minimum Gasteiger partial charge on any atom is -0.492 e. The number of ether oxygens (including phenoxy) is 3. The van der Waals surface area contributed by atoms with E-state index in [1.165, 1.54) is 4.90 Å². The first-order chi connectivity index (χ1) is 16.5. The minimum atomic E-state index is -0.283. The largest absolute Gasteiger partial charge is 0.492 e. The molecule has 0 saturated heterocycles. The van der Waals surface area contributed by atoms with Gasteiger partial charge in [0.25, 0.3) is 11.8 Å². The SMILES string of the molecule is COc1c(OC)c(OC)c2c(c(Br)cc3ccccc32)c1CCN1C(=O)c2ccccc2C1=O. The van der Waals surface area contributed by atoms with Gasteiger partial charge in [-0.05, 0) is 35.4 Å². The normalized spacial score (nSPS) is 13.0. The molecule has 34 heavy (non-hydrogen) atoms. The van der Waals surface area contributed by atoms with Gasteiger partial charge in [-0.3, -0.25) is 14.5 Å². The monoisotopic (exact) mass is 519 g/mol. The van der Waals surface area contributed by atoms with E-state index >= 15 is 0 Å². The maximum atomic E-state index is 12.9. The Hall–Kier alpha value is -3.58. The standard InChI is InChI=1S/C27H22BrNO5/c1-32-23-19(12-13-29-26(30)17-10-6-7-11-18(17)27(29)31)21-20(28)14-15-8-4-5-9-16(15)22(21)24(33-2)25(23)34-3/h4-11,14H,12-13H2,1-3H3. The van der Waals surface area contributed by atoms with E-state index < -0.39 is 0 Å². The summed E-state index contributed by atoms with van der Waals surface area (Å²) in [5.41, 5.74) is 1.69. The van der Waals surface area contributed by atoms with Crippen molar-refractivity contribution >= 4 is 49.3 Å². The van der Waals surface area contributed by atoms with Crippen molar-refractivity contribution in [3.05, 3.63) is 75.8 Å². The van der Waals surface area contributed by atoms with E-state index in [9.17, 15) is 9.59 Å². The van der Waals surface area contributed by atoms with Crippen LogP contribution < -0.4 is 14.2 Å². The molecule has 0 aromatic heterocycles. The van der Waals surface area contributed by atoms with E-state index in [-0.39, 0.29) is 18.4 Å². The van der Waals surface area contributed by atoms with Gasteiger partial charge in [0.1, 0.15) is 0 Å². The Labute approximate surface area is 205 Å². The third kappa shape index (κ3) is 3.22. The Morgan fingerprint density at radius 3 is 1.97 bits per heavy atom. The Kier molecular flexibility index (Phi) is 5.65. The van der Waals surface area contributed by atoms with Crippen LogP contribution in [0, 0.1) is 0 Å². The van der Waals surface area contributed by atoms with Crippen LogP contribution in [-0.4, -0.2) is 44.6 Å². The molecule has 2 amide bonds. The lowest BCUT2D eigenvalue weighted by Gasteiger charge is -2.22. The molecular formula is C27H22BrNO5. The van der Waals surface area contributed by atoms with Gasteiger partial charge in [-0.2, -0.15) is 0 Å². The highest BCUT2D eigenvalue weighted by atomic mass is 79.9. The van der Waals surface area contributed by atoms with Gasteiger partial charge in [-0.25, -0.2) is 0 Å². The predicted molar refractivity (Wildman–Crippen MR) is 134 cm³/mol. The summed E-state index contributed by atoms with van der Waals surface area (Å²) in [5, 5.41) is 3.81. The molecule has 6 nitrogen and oxygen atoms in total. The number of amides is 2. The lowest BCUT2D eigenvalue weighted by Crippen LogP contribution is -2.31. The zero-order chi connectivity index (χ0) is 24.0. The minimum absolute atomic E-state index is 0.201. The topological polar surface area (TPSA) is 65.1 Å². The molecule has 0 unspecified atom stereocenters. The lowest BCUT2D eigenvalue weighted by atomic mass is 9.94. The molecule has 4 aromatic carbocycles. The molecule has 0 radical (unpaired) electrons. The van der Waals surface area contributed by atoms with Crippen molar-refractivity contribution in [1.82, 2.24) is 4.90 Å². The van der Waals surface area contributed by atoms with E-state index in [2.05, 4.69) is 22.0 Å². The molecule has 5 rings (SSSR count). The second-order valence-corrected chi connectivity index (χ2v) is 8.82. The highest BCUT2D eigenvalue weighted by molar-refractivity contribution is 9.10. The summed E-state index contributed by atoms with van der Waals surface area (Å²) in [7, 11) is 4.74. The van der Waals surface area contributed by atoms with Crippen molar-refractivity contribution in [2.24, 2.45) is 0 Å². The molecule has 0 fully saturated rings. The summed E-state index contributed by atoms with van der Waals surface area (Å²) < 4.78 is 18.2. The Balaban J connectivity index is 1.70. The molecule has 0 aliphatic carbocycles. The van der Waals surface area contributed by atoms with Gasteiger partial charge in [0.05, 0.1) is 32.5 Å². The Morgan fingerprint density at radius 1 is 0.765 bits per heavy atom. The number of fused-ring (bicyclic) bond motifs is 4.